The van der Waals surface area contributed by atoms with Gasteiger partial charge in [-0.1, -0.05) is 29.0 Å². The first-order valence-corrected chi connectivity index (χ1v) is 13.7. The molecule has 34 heavy (non-hydrogen) atoms. The van der Waals surface area contributed by atoms with E-state index in [-0.39, 0.29) is 23.4 Å². The normalized spacial score (nSPS) is 16.2. The maximum Gasteiger partial charge on any atom is 0.263 e. The standard InChI is InChI=1S/C23H24ClN5O3S2.H2/c1-14(29-9-3-4-16-10-19(24)6-8-21(16)29)22(30)28-12-17-5-7-20(11-18(17)13-28)34(31,32)27-23-26-25-15(2)33-23;/h5-8,10-11,14H,3-4,9,12-13H2,1-2H3,(H,26,27);1H/t14-;/m1./s1. The topological polar surface area (TPSA) is 95.5 Å². The Kier molecular flexibility index (Phi) is 5.99. The summed E-state index contributed by atoms with van der Waals surface area (Å²) in [7, 11) is -3.79. The number of anilines is 2. The number of hydrogen-bond acceptors (Lipinski definition) is 7. The van der Waals surface area contributed by atoms with E-state index in [1.54, 1.807) is 30.0 Å². The lowest BCUT2D eigenvalue weighted by atomic mass is 10.00. The number of carbonyl (C=O) groups is 1. The highest BCUT2D eigenvalue weighted by Crippen LogP contribution is 2.33. The zero-order chi connectivity index (χ0) is 24.0. The number of benzene rings is 2. The summed E-state index contributed by atoms with van der Waals surface area (Å²) in [6.45, 7) is 5.33. The predicted molar refractivity (Wildman–Crippen MR) is 135 cm³/mol. The van der Waals surface area contributed by atoms with Crippen molar-refractivity contribution in [3.05, 3.63) is 63.1 Å². The summed E-state index contributed by atoms with van der Waals surface area (Å²) in [5.74, 6) is 0.0193. The molecule has 3 aromatic rings. The number of sulfonamides is 1. The highest BCUT2D eigenvalue weighted by atomic mass is 35.5. The van der Waals surface area contributed by atoms with Crippen molar-refractivity contribution in [3.63, 3.8) is 0 Å². The second-order valence-corrected chi connectivity index (χ2v) is 11.9. The average Bonchev–Trinajstić information content (AvgIpc) is 3.42. The summed E-state index contributed by atoms with van der Waals surface area (Å²) >= 11 is 7.34. The smallest absolute Gasteiger partial charge is 0.263 e. The highest BCUT2D eigenvalue weighted by molar-refractivity contribution is 7.93. The molecule has 1 amide bonds. The number of amides is 1. The Labute approximate surface area is 209 Å². The molecule has 2 aromatic carbocycles. The molecule has 5 rings (SSSR count). The average molecular weight is 520 g/mol. The van der Waals surface area contributed by atoms with Crippen LogP contribution in [-0.2, 0) is 34.3 Å². The predicted octanol–water partition coefficient (Wildman–Crippen LogP) is 4.23. The molecule has 1 aromatic heterocycles. The molecule has 0 bridgehead atoms. The number of hydrogen-bond donors (Lipinski definition) is 1. The van der Waals surface area contributed by atoms with Gasteiger partial charge < -0.3 is 9.80 Å². The molecule has 0 spiro atoms. The lowest BCUT2D eigenvalue weighted by Crippen LogP contribution is -2.47. The summed E-state index contributed by atoms with van der Waals surface area (Å²) in [5.41, 5.74) is 4.01. The molecule has 3 heterocycles. The van der Waals surface area contributed by atoms with Crippen LogP contribution in [0, 0.1) is 6.92 Å². The first-order valence-electron chi connectivity index (χ1n) is 11.0. The van der Waals surface area contributed by atoms with E-state index in [1.807, 2.05) is 25.1 Å². The molecule has 11 heteroatoms. The van der Waals surface area contributed by atoms with Gasteiger partial charge in [-0.2, -0.15) is 0 Å². The van der Waals surface area contributed by atoms with Crippen molar-refractivity contribution in [3.8, 4) is 0 Å². The Morgan fingerprint density at radius 2 is 1.94 bits per heavy atom. The molecule has 0 aliphatic carbocycles. The molecule has 0 saturated heterocycles. The van der Waals surface area contributed by atoms with Crippen LogP contribution in [0.25, 0.3) is 0 Å². The lowest BCUT2D eigenvalue weighted by Gasteiger charge is -2.37. The Hall–Kier alpha value is -2.69. The van der Waals surface area contributed by atoms with Crippen molar-refractivity contribution in [2.45, 2.75) is 50.7 Å². The SMILES string of the molecule is Cc1nnc(NS(=O)(=O)c2ccc3c(c2)CN(C(=O)[C@@H](C)N2CCCc4cc(Cl)ccc42)C3)s1.[HH]. The van der Waals surface area contributed by atoms with Gasteiger partial charge in [0.2, 0.25) is 11.0 Å². The largest absolute Gasteiger partial charge is 0.360 e. The van der Waals surface area contributed by atoms with Crippen molar-refractivity contribution in [1.29, 1.82) is 0 Å². The number of fused-ring (bicyclic) bond motifs is 2. The first kappa shape index (κ1) is 23.1. The van der Waals surface area contributed by atoms with Crippen LogP contribution >= 0.6 is 22.9 Å². The monoisotopic (exact) mass is 519 g/mol. The van der Waals surface area contributed by atoms with Gasteiger partial charge in [-0.15, -0.1) is 10.2 Å². The quantitative estimate of drug-likeness (QED) is 0.542. The van der Waals surface area contributed by atoms with E-state index >= 15 is 0 Å². The number of aryl methyl sites for hydroxylation is 2. The van der Waals surface area contributed by atoms with Crippen LogP contribution in [0.3, 0.4) is 0 Å². The third kappa shape index (κ3) is 4.37. The molecule has 180 valence electrons. The van der Waals surface area contributed by atoms with E-state index in [4.69, 9.17) is 11.6 Å². The van der Waals surface area contributed by atoms with Gasteiger partial charge >= 0.3 is 0 Å². The fraction of sp³-hybridized carbons (Fsp3) is 0.348. The van der Waals surface area contributed by atoms with Crippen LogP contribution in [0.4, 0.5) is 10.8 Å². The third-order valence-electron chi connectivity index (χ3n) is 6.29. The van der Waals surface area contributed by atoms with Crippen LogP contribution in [0.15, 0.2) is 41.3 Å². The maximum absolute atomic E-state index is 13.4. The van der Waals surface area contributed by atoms with Gasteiger partial charge in [0.15, 0.2) is 0 Å². The second-order valence-electron chi connectivity index (χ2n) is 8.60. The van der Waals surface area contributed by atoms with Gasteiger partial charge in [0.05, 0.1) is 4.90 Å². The number of nitrogens with zero attached hydrogens (tertiary/aromatic N) is 4. The van der Waals surface area contributed by atoms with Gasteiger partial charge in [-0.25, -0.2) is 8.42 Å². The van der Waals surface area contributed by atoms with E-state index in [0.717, 1.165) is 41.8 Å². The molecular weight excluding hydrogens is 494 g/mol. The molecule has 0 radical (unpaired) electrons. The molecule has 0 unspecified atom stereocenters. The minimum atomic E-state index is -3.79. The van der Waals surface area contributed by atoms with Crippen LogP contribution in [0.2, 0.25) is 5.02 Å². The molecule has 8 nitrogen and oxygen atoms in total. The molecule has 0 fully saturated rings. The lowest BCUT2D eigenvalue weighted by molar-refractivity contribution is -0.132. The van der Waals surface area contributed by atoms with Crippen molar-refractivity contribution < 1.29 is 14.6 Å². The van der Waals surface area contributed by atoms with E-state index in [1.165, 1.54) is 11.3 Å². The first-order chi connectivity index (χ1) is 16.2. The van der Waals surface area contributed by atoms with Crippen molar-refractivity contribution in [1.82, 2.24) is 15.1 Å². The van der Waals surface area contributed by atoms with Crippen molar-refractivity contribution in [2.24, 2.45) is 0 Å². The fourth-order valence-corrected chi connectivity index (χ4v) is 6.67. The van der Waals surface area contributed by atoms with Crippen molar-refractivity contribution in [2.75, 3.05) is 16.2 Å². The highest BCUT2D eigenvalue weighted by Gasteiger charge is 2.33. The summed E-state index contributed by atoms with van der Waals surface area (Å²) in [5, 5.41) is 9.28. The van der Waals surface area contributed by atoms with Crippen LogP contribution in [0.5, 0.6) is 0 Å². The second kappa shape index (κ2) is 8.83. The van der Waals surface area contributed by atoms with Gasteiger partial charge in [-0.3, -0.25) is 9.52 Å². The number of halogens is 1. The van der Waals surface area contributed by atoms with Crippen LogP contribution < -0.4 is 9.62 Å². The Balaban J connectivity index is 0.00000289. The van der Waals surface area contributed by atoms with E-state index < -0.39 is 10.0 Å². The molecule has 1 N–H and O–H groups in total. The number of carbonyl (C=O) groups excluding carboxylic acids is 1. The Morgan fingerprint density at radius 3 is 2.71 bits per heavy atom. The Bertz CT molecular complexity index is 1380. The summed E-state index contributed by atoms with van der Waals surface area (Å²) in [6, 6.07) is 10.5. The summed E-state index contributed by atoms with van der Waals surface area (Å²) < 4.78 is 28.1. The molecule has 2 aliphatic rings. The fourth-order valence-electron chi connectivity index (χ4n) is 4.60. The van der Waals surface area contributed by atoms with Gasteiger partial charge in [0, 0.05) is 31.8 Å². The van der Waals surface area contributed by atoms with E-state index in [2.05, 4.69) is 19.8 Å². The molecule has 1 atom stereocenters. The molecular formula is C23H26ClN5O3S2. The minimum absolute atomic E-state index is 0. The minimum Gasteiger partial charge on any atom is -0.360 e. The van der Waals surface area contributed by atoms with E-state index in [9.17, 15) is 13.2 Å². The van der Waals surface area contributed by atoms with E-state index in [0.29, 0.717) is 23.1 Å². The maximum atomic E-state index is 13.4. The zero-order valence-corrected chi connectivity index (χ0v) is 21.2. The van der Waals surface area contributed by atoms with Crippen LogP contribution in [0.1, 0.15) is 36.5 Å². The summed E-state index contributed by atoms with van der Waals surface area (Å²) in [4.78, 5) is 17.5. The van der Waals surface area contributed by atoms with Crippen LogP contribution in [-0.4, -0.2) is 42.0 Å². The molecule has 0 saturated carbocycles. The van der Waals surface area contributed by atoms with Gasteiger partial charge in [-0.05, 0) is 73.7 Å². The number of nitrogens with one attached hydrogen (secondary N) is 1. The Morgan fingerprint density at radius 1 is 1.15 bits per heavy atom. The van der Waals surface area contributed by atoms with Crippen molar-refractivity contribution >= 4 is 49.7 Å². The number of aromatic nitrogens is 2. The molecule has 2 aliphatic heterocycles. The third-order valence-corrected chi connectivity index (χ3v) is 8.75. The van der Waals surface area contributed by atoms with Gasteiger partial charge in [0.25, 0.3) is 10.0 Å². The number of rotatable bonds is 5. The zero-order valence-electron chi connectivity index (χ0n) is 18.8. The summed E-state index contributed by atoms with van der Waals surface area (Å²) in [6.07, 6.45) is 1.91. The van der Waals surface area contributed by atoms with Gasteiger partial charge in [0.1, 0.15) is 11.0 Å².